The van der Waals surface area contributed by atoms with E-state index in [2.05, 4.69) is 4.90 Å². The van der Waals surface area contributed by atoms with Crippen LogP contribution in [-0.2, 0) is 9.39 Å². The fraction of sp³-hybridized carbons (Fsp3) is 0.714. The zero-order chi connectivity index (χ0) is 15.7. The second-order valence-corrected chi connectivity index (χ2v) is 6.35. The minimum atomic E-state index is -1.22. The minimum absolute atomic E-state index is 0.328. The number of nitrogens with zero attached hydrogens (tertiary/aromatic N) is 1. The molecule has 2 heterocycles. The second kappa shape index (κ2) is 6.00. The Morgan fingerprint density at radius 2 is 1.86 bits per heavy atom. The molecule has 0 atom stereocenters. The van der Waals surface area contributed by atoms with Crippen LogP contribution in [0.1, 0.15) is 27.7 Å². The lowest BCUT2D eigenvalue weighted by atomic mass is 9.81. The molecule has 2 rings (SSSR count). The number of rotatable bonds is 5. The SMILES string of the molecule is CC(C)(O)C(C)(C)OB(O)c1cc(N2CCOCC2)co1. The second-order valence-electron chi connectivity index (χ2n) is 6.35. The molecule has 1 aliphatic rings. The number of aliphatic hydroxyl groups is 1. The van der Waals surface area contributed by atoms with Crippen molar-refractivity contribution < 1.29 is 23.9 Å². The van der Waals surface area contributed by atoms with Crippen molar-refractivity contribution in [2.24, 2.45) is 0 Å². The summed E-state index contributed by atoms with van der Waals surface area (Å²) in [5.74, 6) is 0. The van der Waals surface area contributed by atoms with Crippen LogP contribution in [-0.4, -0.2) is 54.8 Å². The van der Waals surface area contributed by atoms with Gasteiger partial charge in [0.15, 0.2) is 0 Å². The van der Waals surface area contributed by atoms with Gasteiger partial charge >= 0.3 is 7.12 Å². The van der Waals surface area contributed by atoms with E-state index in [4.69, 9.17) is 13.8 Å². The molecule has 1 aromatic heterocycles. The first-order chi connectivity index (χ1) is 9.71. The molecule has 0 radical (unpaired) electrons. The highest BCUT2D eigenvalue weighted by atomic mass is 16.6. The van der Waals surface area contributed by atoms with Gasteiger partial charge in [-0.05, 0) is 33.8 Å². The van der Waals surface area contributed by atoms with Gasteiger partial charge in [0.05, 0.1) is 30.1 Å². The van der Waals surface area contributed by atoms with Crippen molar-refractivity contribution in [2.45, 2.75) is 38.9 Å². The molecular weight excluding hydrogens is 273 g/mol. The molecule has 6 nitrogen and oxygen atoms in total. The van der Waals surface area contributed by atoms with Crippen molar-refractivity contribution in [3.63, 3.8) is 0 Å². The third kappa shape index (κ3) is 3.80. The smallest absolute Gasteiger partial charge is 0.471 e. The monoisotopic (exact) mass is 297 g/mol. The molecule has 2 N–H and O–H groups in total. The van der Waals surface area contributed by atoms with E-state index in [-0.39, 0.29) is 0 Å². The van der Waals surface area contributed by atoms with Gasteiger partial charge < -0.3 is 28.8 Å². The lowest BCUT2D eigenvalue weighted by molar-refractivity contribution is -0.0986. The maximum atomic E-state index is 10.2. The Bertz CT molecular complexity index is 462. The Morgan fingerprint density at radius 1 is 1.24 bits per heavy atom. The van der Waals surface area contributed by atoms with Gasteiger partial charge in [-0.15, -0.1) is 0 Å². The van der Waals surface area contributed by atoms with Gasteiger partial charge in [-0.25, -0.2) is 0 Å². The van der Waals surface area contributed by atoms with Crippen molar-refractivity contribution >= 4 is 18.5 Å². The van der Waals surface area contributed by atoms with E-state index >= 15 is 0 Å². The van der Waals surface area contributed by atoms with Gasteiger partial charge in [0, 0.05) is 13.1 Å². The molecule has 0 amide bonds. The normalized spacial score (nSPS) is 17.1. The minimum Gasteiger partial charge on any atom is -0.471 e. The Morgan fingerprint density at radius 3 is 2.43 bits per heavy atom. The van der Waals surface area contributed by atoms with Gasteiger partial charge in [0.1, 0.15) is 11.9 Å². The van der Waals surface area contributed by atoms with E-state index in [1.54, 1.807) is 40.0 Å². The molecule has 0 spiro atoms. The van der Waals surface area contributed by atoms with Crippen LogP contribution in [0.25, 0.3) is 0 Å². The number of ether oxygens (including phenoxy) is 1. The number of anilines is 1. The first-order valence-electron chi connectivity index (χ1n) is 7.20. The van der Waals surface area contributed by atoms with E-state index in [1.807, 2.05) is 0 Å². The van der Waals surface area contributed by atoms with Crippen LogP contribution in [0.15, 0.2) is 16.7 Å². The molecule has 1 fully saturated rings. The van der Waals surface area contributed by atoms with Gasteiger partial charge in [-0.2, -0.15) is 0 Å². The van der Waals surface area contributed by atoms with Crippen molar-refractivity contribution in [3.05, 3.63) is 12.3 Å². The largest absolute Gasteiger partial charge is 0.529 e. The van der Waals surface area contributed by atoms with Crippen molar-refractivity contribution in [1.29, 1.82) is 0 Å². The third-order valence-electron chi connectivity index (χ3n) is 4.11. The first kappa shape index (κ1) is 16.4. The molecular formula is C14H24BNO5. The van der Waals surface area contributed by atoms with Crippen molar-refractivity contribution in [1.82, 2.24) is 0 Å². The molecule has 1 aromatic rings. The molecule has 1 saturated heterocycles. The Kier molecular flexibility index (Phi) is 4.68. The molecule has 1 aliphatic heterocycles. The van der Waals surface area contributed by atoms with Crippen molar-refractivity contribution in [3.8, 4) is 0 Å². The number of morpholine rings is 1. The van der Waals surface area contributed by atoms with Gasteiger partial charge in [0.25, 0.3) is 0 Å². The van der Waals surface area contributed by atoms with Crippen LogP contribution in [0.2, 0.25) is 0 Å². The maximum absolute atomic E-state index is 10.2. The van der Waals surface area contributed by atoms with Crippen molar-refractivity contribution in [2.75, 3.05) is 31.2 Å². The molecule has 0 saturated carbocycles. The average Bonchev–Trinajstić information content (AvgIpc) is 2.87. The summed E-state index contributed by atoms with van der Waals surface area (Å²) in [5.41, 5.74) is -0.780. The summed E-state index contributed by atoms with van der Waals surface area (Å²) in [7, 11) is -1.22. The lowest BCUT2D eigenvalue weighted by Gasteiger charge is -2.38. The van der Waals surface area contributed by atoms with Crippen LogP contribution < -0.4 is 10.6 Å². The number of hydrogen-bond acceptors (Lipinski definition) is 6. The van der Waals surface area contributed by atoms with Crippen LogP contribution >= 0.6 is 0 Å². The third-order valence-corrected chi connectivity index (χ3v) is 4.11. The maximum Gasteiger partial charge on any atom is 0.529 e. The highest BCUT2D eigenvalue weighted by Gasteiger charge is 2.40. The summed E-state index contributed by atoms with van der Waals surface area (Å²) in [6, 6.07) is 1.76. The van der Waals surface area contributed by atoms with E-state index in [9.17, 15) is 10.1 Å². The zero-order valence-electron chi connectivity index (χ0n) is 13.1. The predicted octanol–water partition coefficient (Wildman–Crippen LogP) is 0.370. The predicted molar refractivity (Wildman–Crippen MR) is 80.8 cm³/mol. The van der Waals surface area contributed by atoms with Crippen LogP contribution in [0.4, 0.5) is 5.69 Å². The molecule has 0 aliphatic carbocycles. The molecule has 7 heteroatoms. The quantitative estimate of drug-likeness (QED) is 0.765. The summed E-state index contributed by atoms with van der Waals surface area (Å²) < 4.78 is 16.3. The van der Waals surface area contributed by atoms with Gasteiger partial charge in [-0.1, -0.05) is 0 Å². The van der Waals surface area contributed by atoms with E-state index in [0.717, 1.165) is 18.8 Å². The molecule has 0 bridgehead atoms. The number of hydrogen-bond donors (Lipinski definition) is 2. The van der Waals surface area contributed by atoms with Gasteiger partial charge in [0.2, 0.25) is 0 Å². The van der Waals surface area contributed by atoms with Crippen LogP contribution in [0, 0.1) is 0 Å². The lowest BCUT2D eigenvalue weighted by Crippen LogP contribution is -2.53. The molecule has 21 heavy (non-hydrogen) atoms. The topological polar surface area (TPSA) is 75.3 Å². The Hall–Kier alpha value is -1.02. The van der Waals surface area contributed by atoms with Gasteiger partial charge in [-0.3, -0.25) is 0 Å². The highest BCUT2D eigenvalue weighted by molar-refractivity contribution is 6.58. The molecule has 0 aromatic carbocycles. The standard InChI is InChI=1S/C14H24BNO5/c1-13(2,17)14(3,4)21-15(18)12-9-11(10-20-12)16-5-7-19-8-6-16/h9-10,17-18H,5-8H2,1-4H3. The Balaban J connectivity index is 2.03. The summed E-state index contributed by atoms with van der Waals surface area (Å²) in [5, 5.41) is 20.2. The summed E-state index contributed by atoms with van der Waals surface area (Å²) in [6.45, 7) is 9.69. The first-order valence-corrected chi connectivity index (χ1v) is 7.20. The molecule has 118 valence electrons. The average molecular weight is 297 g/mol. The fourth-order valence-corrected chi connectivity index (χ4v) is 1.94. The number of furan rings is 1. The summed E-state index contributed by atoms with van der Waals surface area (Å²) >= 11 is 0. The molecule has 0 unspecified atom stereocenters. The highest BCUT2D eigenvalue weighted by Crippen LogP contribution is 2.25. The van der Waals surface area contributed by atoms with E-state index < -0.39 is 18.3 Å². The summed E-state index contributed by atoms with van der Waals surface area (Å²) in [4.78, 5) is 2.13. The van der Waals surface area contributed by atoms with E-state index in [0.29, 0.717) is 18.9 Å². The Labute approximate surface area is 125 Å². The zero-order valence-corrected chi connectivity index (χ0v) is 13.1. The fourth-order valence-electron chi connectivity index (χ4n) is 1.94. The van der Waals surface area contributed by atoms with Crippen LogP contribution in [0.5, 0.6) is 0 Å². The summed E-state index contributed by atoms with van der Waals surface area (Å²) in [6.07, 6.45) is 1.60. The van der Waals surface area contributed by atoms with Crippen LogP contribution in [0.3, 0.4) is 0 Å². The van der Waals surface area contributed by atoms with E-state index in [1.165, 1.54) is 0 Å².